The van der Waals surface area contributed by atoms with Crippen molar-refractivity contribution in [2.24, 2.45) is 0 Å². The zero-order valence-electron chi connectivity index (χ0n) is 8.94. The molecule has 0 saturated carbocycles. The number of nitrogens with zero attached hydrogens (tertiary/aromatic N) is 2. The van der Waals surface area contributed by atoms with Gasteiger partial charge in [-0.15, -0.1) is 0 Å². The van der Waals surface area contributed by atoms with Gasteiger partial charge in [-0.05, 0) is 23.6 Å². The largest absolute Gasteiger partial charge is 0.361 e. The Morgan fingerprint density at radius 3 is 2.88 bits per heavy atom. The molecule has 0 aliphatic heterocycles. The van der Waals surface area contributed by atoms with Crippen LogP contribution in [0, 0.1) is 11.3 Å². The Hall–Kier alpha value is -2.34. The van der Waals surface area contributed by atoms with Crippen LogP contribution in [0.3, 0.4) is 0 Å². The van der Waals surface area contributed by atoms with Crippen molar-refractivity contribution in [3.05, 3.63) is 42.7 Å². The standard InChI is InChI=1S/C11H8N2.C2H3N/c1-2-8-3-4-10-9(5-7-12-10)11(8)13-6-1;1-2-3/h1-7,13H;1H3. The number of H-pyrrole nitrogens is 1. The molecule has 2 heterocycles. The maximum absolute atomic E-state index is 7.32. The third kappa shape index (κ3) is 1.73. The second kappa shape index (κ2) is 4.45. The minimum absolute atomic E-state index is 1.05. The number of fused-ring (bicyclic) bond motifs is 3. The lowest BCUT2D eigenvalue weighted by atomic mass is 10.1. The summed E-state index contributed by atoms with van der Waals surface area (Å²) < 4.78 is 0. The third-order valence-electron chi connectivity index (χ3n) is 2.31. The maximum atomic E-state index is 7.32. The van der Waals surface area contributed by atoms with E-state index in [1.54, 1.807) is 6.07 Å². The van der Waals surface area contributed by atoms with Gasteiger partial charge in [0.1, 0.15) is 0 Å². The summed E-state index contributed by atoms with van der Waals surface area (Å²) in [6.45, 7) is 1.43. The molecule has 0 spiro atoms. The highest BCUT2D eigenvalue weighted by Crippen LogP contribution is 2.21. The molecule has 0 unspecified atom stereocenters. The molecule has 1 aromatic carbocycles. The number of nitriles is 1. The summed E-state index contributed by atoms with van der Waals surface area (Å²) in [5, 5.41) is 9.74. The summed E-state index contributed by atoms with van der Waals surface area (Å²) in [6.07, 6.45) is 3.78. The fraction of sp³-hybridized carbons (Fsp3) is 0.0769. The van der Waals surface area contributed by atoms with Gasteiger partial charge in [-0.3, -0.25) is 4.98 Å². The summed E-state index contributed by atoms with van der Waals surface area (Å²) in [5.74, 6) is 0. The first-order valence-corrected chi connectivity index (χ1v) is 4.98. The molecule has 3 nitrogen and oxygen atoms in total. The van der Waals surface area contributed by atoms with Crippen molar-refractivity contribution in [2.45, 2.75) is 6.92 Å². The van der Waals surface area contributed by atoms with E-state index in [9.17, 15) is 0 Å². The lowest BCUT2D eigenvalue weighted by Gasteiger charge is -1.97. The van der Waals surface area contributed by atoms with Gasteiger partial charge in [-0.2, -0.15) is 5.26 Å². The Labute approximate surface area is 93.4 Å². The first kappa shape index (κ1) is 10.2. The molecular formula is C13H11N3. The number of pyridine rings is 1. The average molecular weight is 209 g/mol. The average Bonchev–Trinajstić information content (AvgIpc) is 2.78. The van der Waals surface area contributed by atoms with Crippen LogP contribution in [0.5, 0.6) is 0 Å². The van der Waals surface area contributed by atoms with Crippen molar-refractivity contribution in [3.8, 4) is 6.07 Å². The highest BCUT2D eigenvalue weighted by molar-refractivity contribution is 6.03. The Morgan fingerprint density at radius 2 is 2.06 bits per heavy atom. The lowest BCUT2D eigenvalue weighted by molar-refractivity contribution is 1.43. The van der Waals surface area contributed by atoms with E-state index in [2.05, 4.69) is 22.1 Å². The quantitative estimate of drug-likeness (QED) is 0.617. The monoisotopic (exact) mass is 209 g/mol. The molecule has 0 bridgehead atoms. The van der Waals surface area contributed by atoms with E-state index in [0.29, 0.717) is 0 Å². The van der Waals surface area contributed by atoms with Gasteiger partial charge in [0.05, 0.1) is 17.1 Å². The highest BCUT2D eigenvalue weighted by atomic mass is 14.7. The molecule has 0 atom stereocenters. The summed E-state index contributed by atoms with van der Waals surface area (Å²) >= 11 is 0. The number of hydrogen-bond donors (Lipinski definition) is 1. The van der Waals surface area contributed by atoms with Crippen molar-refractivity contribution < 1.29 is 0 Å². The topological polar surface area (TPSA) is 52.5 Å². The fourth-order valence-corrected chi connectivity index (χ4v) is 1.68. The van der Waals surface area contributed by atoms with Gasteiger partial charge in [0.25, 0.3) is 0 Å². The molecule has 3 aromatic rings. The molecule has 0 amide bonds. The third-order valence-corrected chi connectivity index (χ3v) is 2.31. The van der Waals surface area contributed by atoms with E-state index in [-0.39, 0.29) is 0 Å². The normalized spacial score (nSPS) is 9.50. The molecule has 0 saturated heterocycles. The van der Waals surface area contributed by atoms with Crippen LogP contribution in [0.2, 0.25) is 0 Å². The second-order valence-corrected chi connectivity index (χ2v) is 3.30. The number of rotatable bonds is 0. The minimum Gasteiger partial charge on any atom is -0.361 e. The lowest BCUT2D eigenvalue weighted by Crippen LogP contribution is -1.77. The minimum atomic E-state index is 1.05. The van der Waals surface area contributed by atoms with Crippen LogP contribution in [-0.2, 0) is 0 Å². The molecule has 0 aliphatic carbocycles. The predicted octanol–water partition coefficient (Wildman–Crippen LogP) is 3.25. The smallest absolute Gasteiger partial charge is 0.0723 e. The van der Waals surface area contributed by atoms with Crippen LogP contribution in [0.4, 0.5) is 0 Å². The van der Waals surface area contributed by atoms with Crippen LogP contribution < -0.4 is 0 Å². The summed E-state index contributed by atoms with van der Waals surface area (Å²) in [5.41, 5.74) is 2.22. The first-order valence-electron chi connectivity index (χ1n) is 4.98. The Bertz CT molecular complexity index is 647. The van der Waals surface area contributed by atoms with Crippen molar-refractivity contribution in [3.63, 3.8) is 0 Å². The molecule has 3 rings (SSSR count). The van der Waals surface area contributed by atoms with Crippen LogP contribution in [0.25, 0.3) is 21.8 Å². The van der Waals surface area contributed by atoms with E-state index in [0.717, 1.165) is 11.0 Å². The molecule has 2 aromatic heterocycles. The zero-order chi connectivity index (χ0) is 11.4. The number of nitrogens with one attached hydrogen (secondary N) is 1. The Balaban J connectivity index is 0.000000292. The van der Waals surface area contributed by atoms with Crippen molar-refractivity contribution in [1.29, 1.82) is 5.26 Å². The van der Waals surface area contributed by atoms with E-state index >= 15 is 0 Å². The van der Waals surface area contributed by atoms with Gasteiger partial charge >= 0.3 is 0 Å². The summed E-state index contributed by atoms with van der Waals surface area (Å²) in [7, 11) is 0. The number of hydrogen-bond acceptors (Lipinski definition) is 2. The second-order valence-electron chi connectivity index (χ2n) is 3.30. The molecule has 3 heteroatoms. The molecule has 16 heavy (non-hydrogen) atoms. The van der Waals surface area contributed by atoms with Crippen LogP contribution in [0.15, 0.2) is 42.7 Å². The van der Waals surface area contributed by atoms with Gasteiger partial charge in [0.2, 0.25) is 0 Å². The van der Waals surface area contributed by atoms with E-state index in [4.69, 9.17) is 5.26 Å². The van der Waals surface area contributed by atoms with Crippen molar-refractivity contribution in [2.75, 3.05) is 0 Å². The number of benzene rings is 1. The highest BCUT2D eigenvalue weighted by Gasteiger charge is 1.99. The molecule has 0 aliphatic rings. The predicted molar refractivity (Wildman–Crippen MR) is 64.9 cm³/mol. The Kier molecular flexibility index (Phi) is 2.84. The summed E-state index contributed by atoms with van der Waals surface area (Å²) in [6, 6.07) is 12.0. The van der Waals surface area contributed by atoms with Gasteiger partial charge in [0.15, 0.2) is 0 Å². The summed E-state index contributed by atoms with van der Waals surface area (Å²) in [4.78, 5) is 7.49. The molecule has 0 radical (unpaired) electrons. The number of aromatic amines is 1. The van der Waals surface area contributed by atoms with Gasteiger partial charge in [0, 0.05) is 24.7 Å². The van der Waals surface area contributed by atoms with E-state index in [1.165, 1.54) is 17.7 Å². The fourth-order valence-electron chi connectivity index (χ4n) is 1.68. The first-order chi connectivity index (χ1) is 7.86. The van der Waals surface area contributed by atoms with Crippen LogP contribution in [0.1, 0.15) is 6.92 Å². The number of aromatic nitrogens is 2. The molecular weight excluding hydrogens is 198 g/mol. The van der Waals surface area contributed by atoms with Crippen LogP contribution >= 0.6 is 0 Å². The Morgan fingerprint density at radius 1 is 1.25 bits per heavy atom. The van der Waals surface area contributed by atoms with Gasteiger partial charge < -0.3 is 4.98 Å². The zero-order valence-corrected chi connectivity index (χ0v) is 8.94. The van der Waals surface area contributed by atoms with Gasteiger partial charge in [-0.1, -0.05) is 12.1 Å². The van der Waals surface area contributed by atoms with Crippen molar-refractivity contribution >= 4 is 21.8 Å². The van der Waals surface area contributed by atoms with Crippen molar-refractivity contribution in [1.82, 2.24) is 9.97 Å². The molecule has 78 valence electrons. The van der Waals surface area contributed by atoms with Gasteiger partial charge in [-0.25, -0.2) is 0 Å². The SMILES string of the molecule is CC#N.c1c[nH]c2c(c1)ccc1nccc12. The van der Waals surface area contributed by atoms with E-state index in [1.807, 2.05) is 30.6 Å². The van der Waals surface area contributed by atoms with E-state index < -0.39 is 0 Å². The molecule has 1 N–H and O–H groups in total. The van der Waals surface area contributed by atoms with Crippen LogP contribution in [-0.4, -0.2) is 9.97 Å². The molecule has 0 fully saturated rings. The maximum Gasteiger partial charge on any atom is 0.0723 e.